The first kappa shape index (κ1) is 10.5. The molecule has 0 atom stereocenters. The minimum Gasteiger partial charge on any atom is -0.381 e. The lowest BCUT2D eigenvalue weighted by Crippen LogP contribution is -2.33. The van der Waals surface area contributed by atoms with Gasteiger partial charge in [0.25, 0.3) is 0 Å². The largest absolute Gasteiger partial charge is 0.381 e. The lowest BCUT2D eigenvalue weighted by molar-refractivity contribution is -0.119. The topological polar surface area (TPSA) is 75.8 Å². The lowest BCUT2D eigenvalue weighted by atomic mass is 10.4. The summed E-state index contributed by atoms with van der Waals surface area (Å²) in [6.45, 7) is 2.33. The molecule has 0 heterocycles. The van der Waals surface area contributed by atoms with E-state index in [1.54, 1.807) is 0 Å². The molecule has 0 rings (SSSR count). The van der Waals surface area contributed by atoms with E-state index < -0.39 is 0 Å². The molecule has 11 heavy (non-hydrogen) atoms. The zero-order valence-electron chi connectivity index (χ0n) is 6.62. The number of Topliss-reactive ketones (excluding diaryl/α,β-unsaturated/α-hetero) is 1. The van der Waals surface area contributed by atoms with Gasteiger partial charge in [0.05, 0.1) is 19.9 Å². The average molecular weight is 162 g/mol. The van der Waals surface area contributed by atoms with Crippen LogP contribution in [0.2, 0.25) is 0 Å². The van der Waals surface area contributed by atoms with Gasteiger partial charge in [0.1, 0.15) is 5.78 Å². The number of nitrogens with zero attached hydrogens (tertiary/aromatic N) is 1. The van der Waals surface area contributed by atoms with Crippen LogP contribution < -0.4 is 5.90 Å². The maximum atomic E-state index is 10.6. The van der Waals surface area contributed by atoms with Gasteiger partial charge < -0.3 is 9.94 Å². The van der Waals surface area contributed by atoms with Gasteiger partial charge in [-0.3, -0.25) is 9.69 Å². The van der Waals surface area contributed by atoms with E-state index in [4.69, 9.17) is 11.0 Å². The second kappa shape index (κ2) is 6.23. The molecule has 0 spiro atoms. The molecule has 0 saturated heterocycles. The molecule has 0 saturated carbocycles. The minimum absolute atomic E-state index is 0.0103. The SMILES string of the molecule is CC(=O)CN(CO)CCON. The van der Waals surface area contributed by atoms with Crippen molar-refractivity contribution in [3.05, 3.63) is 0 Å². The Hall–Kier alpha value is -0.490. The summed E-state index contributed by atoms with van der Waals surface area (Å²) in [5.74, 6) is 4.78. The van der Waals surface area contributed by atoms with E-state index in [1.807, 2.05) is 0 Å². The monoisotopic (exact) mass is 162 g/mol. The van der Waals surface area contributed by atoms with Crippen LogP contribution in [0.3, 0.4) is 0 Å². The highest BCUT2D eigenvalue weighted by molar-refractivity contribution is 5.77. The van der Waals surface area contributed by atoms with Gasteiger partial charge in [0.2, 0.25) is 0 Å². The van der Waals surface area contributed by atoms with Crippen molar-refractivity contribution in [2.24, 2.45) is 5.90 Å². The number of rotatable bonds is 6. The third-order valence-electron chi connectivity index (χ3n) is 1.17. The van der Waals surface area contributed by atoms with Gasteiger partial charge in [0, 0.05) is 6.54 Å². The molecule has 5 heteroatoms. The third-order valence-corrected chi connectivity index (χ3v) is 1.17. The van der Waals surface area contributed by atoms with Gasteiger partial charge in [-0.2, -0.15) is 0 Å². The van der Waals surface area contributed by atoms with Crippen LogP contribution in [0.4, 0.5) is 0 Å². The molecule has 0 unspecified atom stereocenters. The number of aliphatic hydroxyl groups excluding tert-OH is 1. The fourth-order valence-electron chi connectivity index (χ4n) is 0.696. The first-order valence-electron chi connectivity index (χ1n) is 3.35. The van der Waals surface area contributed by atoms with Gasteiger partial charge in [0.15, 0.2) is 0 Å². The molecule has 0 aliphatic rings. The molecule has 0 aliphatic carbocycles. The van der Waals surface area contributed by atoms with Crippen molar-refractivity contribution in [1.82, 2.24) is 4.90 Å². The summed E-state index contributed by atoms with van der Waals surface area (Å²) in [4.78, 5) is 16.4. The van der Waals surface area contributed by atoms with Gasteiger partial charge in [-0.15, -0.1) is 0 Å². The van der Waals surface area contributed by atoms with Crippen LogP contribution in [-0.2, 0) is 9.63 Å². The third kappa shape index (κ3) is 5.93. The Bertz CT molecular complexity index is 118. The highest BCUT2D eigenvalue weighted by Gasteiger charge is 2.04. The molecule has 66 valence electrons. The summed E-state index contributed by atoms with van der Waals surface area (Å²) in [5.41, 5.74) is 0. The van der Waals surface area contributed by atoms with E-state index in [2.05, 4.69) is 4.84 Å². The molecule has 0 aromatic heterocycles. The van der Waals surface area contributed by atoms with Crippen molar-refractivity contribution < 1.29 is 14.7 Å². The fourth-order valence-corrected chi connectivity index (χ4v) is 0.696. The van der Waals surface area contributed by atoms with E-state index in [0.717, 1.165) is 0 Å². The molecule has 0 fully saturated rings. The van der Waals surface area contributed by atoms with Crippen LogP contribution in [0.25, 0.3) is 0 Å². The van der Waals surface area contributed by atoms with Crippen LogP contribution >= 0.6 is 0 Å². The maximum absolute atomic E-state index is 10.6. The maximum Gasteiger partial charge on any atom is 0.143 e. The van der Waals surface area contributed by atoms with Crippen LogP contribution in [0.5, 0.6) is 0 Å². The van der Waals surface area contributed by atoms with Gasteiger partial charge >= 0.3 is 0 Å². The highest BCUT2D eigenvalue weighted by Crippen LogP contribution is 1.85. The molecule has 0 amide bonds. The van der Waals surface area contributed by atoms with Crippen molar-refractivity contribution >= 4 is 5.78 Å². The van der Waals surface area contributed by atoms with Gasteiger partial charge in [-0.25, -0.2) is 5.90 Å². The van der Waals surface area contributed by atoms with Crippen molar-refractivity contribution in [3.8, 4) is 0 Å². The second-order valence-electron chi connectivity index (χ2n) is 2.27. The first-order valence-corrected chi connectivity index (χ1v) is 3.35. The Morgan fingerprint density at radius 1 is 1.73 bits per heavy atom. The van der Waals surface area contributed by atoms with E-state index in [9.17, 15) is 4.79 Å². The number of ketones is 1. The molecule has 5 nitrogen and oxygen atoms in total. The summed E-state index contributed by atoms with van der Waals surface area (Å²) in [6, 6.07) is 0. The van der Waals surface area contributed by atoms with Crippen molar-refractivity contribution in [2.45, 2.75) is 6.92 Å². The van der Waals surface area contributed by atoms with Crippen LogP contribution in [-0.4, -0.2) is 42.2 Å². The van der Waals surface area contributed by atoms with E-state index >= 15 is 0 Å². The average Bonchev–Trinajstić information content (AvgIpc) is 1.97. The molecule has 0 aromatic rings. The van der Waals surface area contributed by atoms with Gasteiger partial charge in [-0.05, 0) is 6.92 Å². The predicted molar refractivity (Wildman–Crippen MR) is 39.5 cm³/mol. The Kier molecular flexibility index (Phi) is 5.96. The number of carbonyl (C=O) groups is 1. The highest BCUT2D eigenvalue weighted by atomic mass is 16.6. The van der Waals surface area contributed by atoms with Gasteiger partial charge in [-0.1, -0.05) is 0 Å². The summed E-state index contributed by atoms with van der Waals surface area (Å²) in [5, 5.41) is 8.68. The summed E-state index contributed by atoms with van der Waals surface area (Å²) >= 11 is 0. The Balaban J connectivity index is 3.49. The smallest absolute Gasteiger partial charge is 0.143 e. The van der Waals surface area contributed by atoms with Crippen LogP contribution in [0, 0.1) is 0 Å². The molecular weight excluding hydrogens is 148 g/mol. The quantitative estimate of drug-likeness (QED) is 0.376. The Morgan fingerprint density at radius 3 is 2.73 bits per heavy atom. The molecule has 0 aromatic carbocycles. The molecule has 3 N–H and O–H groups in total. The molecule has 0 bridgehead atoms. The first-order chi connectivity index (χ1) is 5.20. The molecular formula is C6H14N2O3. The zero-order chi connectivity index (χ0) is 8.69. The number of hydrogen-bond donors (Lipinski definition) is 2. The zero-order valence-corrected chi connectivity index (χ0v) is 6.62. The number of aliphatic hydroxyl groups is 1. The van der Waals surface area contributed by atoms with Crippen LogP contribution in [0.1, 0.15) is 6.92 Å². The Morgan fingerprint density at radius 2 is 2.36 bits per heavy atom. The minimum atomic E-state index is -0.150. The predicted octanol–water partition coefficient (Wildman–Crippen LogP) is -1.28. The number of carbonyl (C=O) groups excluding carboxylic acids is 1. The molecule has 0 radical (unpaired) electrons. The van der Waals surface area contributed by atoms with Crippen molar-refractivity contribution in [3.63, 3.8) is 0 Å². The summed E-state index contributed by atoms with van der Waals surface area (Å²) in [6.07, 6.45) is 0. The van der Waals surface area contributed by atoms with Crippen molar-refractivity contribution in [2.75, 3.05) is 26.4 Å². The fraction of sp³-hybridized carbons (Fsp3) is 0.833. The van der Waals surface area contributed by atoms with Crippen LogP contribution in [0.15, 0.2) is 0 Å². The Labute approximate surface area is 65.7 Å². The van der Waals surface area contributed by atoms with E-state index in [-0.39, 0.29) is 19.1 Å². The number of hydrogen-bond acceptors (Lipinski definition) is 5. The van der Waals surface area contributed by atoms with E-state index in [0.29, 0.717) is 13.2 Å². The summed E-state index contributed by atoms with van der Waals surface area (Å²) in [7, 11) is 0. The number of nitrogens with two attached hydrogens (primary N) is 1. The van der Waals surface area contributed by atoms with Crippen molar-refractivity contribution in [1.29, 1.82) is 0 Å². The normalized spacial score (nSPS) is 10.5. The van der Waals surface area contributed by atoms with E-state index in [1.165, 1.54) is 11.8 Å². The summed E-state index contributed by atoms with van der Waals surface area (Å²) < 4.78 is 0. The second-order valence-corrected chi connectivity index (χ2v) is 2.27. The standard InChI is InChI=1S/C6H14N2O3/c1-6(10)4-8(5-9)2-3-11-7/h9H,2-5,7H2,1H3. The lowest BCUT2D eigenvalue weighted by Gasteiger charge is -2.16. The molecule has 0 aliphatic heterocycles.